The van der Waals surface area contributed by atoms with Gasteiger partial charge in [0.1, 0.15) is 13.2 Å². The quantitative estimate of drug-likeness (QED) is 0.707. The smallest absolute Gasteiger partial charge is 0.410 e. The van der Waals surface area contributed by atoms with Crippen molar-refractivity contribution in [2.45, 2.75) is 26.3 Å². The van der Waals surface area contributed by atoms with E-state index in [4.69, 9.17) is 14.2 Å². The lowest BCUT2D eigenvalue weighted by Gasteiger charge is -2.26. The van der Waals surface area contributed by atoms with Crippen LogP contribution in [0, 0.1) is 5.92 Å². The second-order valence-electron chi connectivity index (χ2n) is 6.77. The summed E-state index contributed by atoms with van der Waals surface area (Å²) in [5.74, 6) is 1.48. The number of cyclic esters (lactones) is 1. The summed E-state index contributed by atoms with van der Waals surface area (Å²) < 4.78 is 15.6. The number of benzene rings is 1. The Hall–Kier alpha value is -2.44. The average Bonchev–Trinajstić information content (AvgIpc) is 3.00. The number of carbonyl (C=O) groups excluding carboxylic acids is 2. The molecule has 0 bridgehead atoms. The minimum absolute atomic E-state index is 0.0457. The Labute approximate surface area is 154 Å². The molecular weight excluding hydrogens is 336 g/mol. The monoisotopic (exact) mass is 364 g/mol. The van der Waals surface area contributed by atoms with E-state index in [1.54, 1.807) is 26.2 Å². The third-order valence-corrected chi connectivity index (χ3v) is 4.70. The fourth-order valence-electron chi connectivity index (χ4n) is 2.92. The zero-order valence-corrected chi connectivity index (χ0v) is 16.2. The van der Waals surface area contributed by atoms with Gasteiger partial charge in [-0.3, -0.25) is 9.69 Å². The van der Waals surface area contributed by atoms with Crippen LogP contribution in [0.3, 0.4) is 0 Å². The summed E-state index contributed by atoms with van der Waals surface area (Å²) in [4.78, 5) is 27.5. The van der Waals surface area contributed by atoms with Crippen molar-refractivity contribution >= 4 is 12.0 Å². The van der Waals surface area contributed by atoms with Crippen molar-refractivity contribution in [2.24, 2.45) is 5.92 Å². The number of carbonyl (C=O) groups is 2. The number of ether oxygens (including phenoxy) is 3. The molecule has 1 heterocycles. The van der Waals surface area contributed by atoms with Crippen LogP contribution >= 0.6 is 0 Å². The SMILES string of the molecule is COc1ccc(CCN(C)C(=O)CN2C(=O)OC[C@@H]2C(C)C)cc1OC. The molecular formula is C19H28N2O5. The van der Waals surface area contributed by atoms with E-state index >= 15 is 0 Å². The molecule has 0 spiro atoms. The van der Waals surface area contributed by atoms with Crippen molar-refractivity contribution in [1.82, 2.24) is 9.80 Å². The summed E-state index contributed by atoms with van der Waals surface area (Å²) in [5, 5.41) is 0. The van der Waals surface area contributed by atoms with E-state index in [0.717, 1.165) is 5.56 Å². The van der Waals surface area contributed by atoms with E-state index in [1.807, 2.05) is 32.0 Å². The van der Waals surface area contributed by atoms with Crippen molar-refractivity contribution in [3.8, 4) is 11.5 Å². The summed E-state index contributed by atoms with van der Waals surface area (Å²) in [5.41, 5.74) is 1.04. The number of likely N-dealkylation sites (N-methyl/N-ethyl adjacent to an activating group) is 1. The van der Waals surface area contributed by atoms with Crippen LogP contribution in [0.4, 0.5) is 4.79 Å². The predicted octanol–water partition coefficient (Wildman–Crippen LogP) is 2.18. The molecule has 0 aromatic heterocycles. The first kappa shape index (κ1) is 19.9. The van der Waals surface area contributed by atoms with Gasteiger partial charge in [0, 0.05) is 13.6 Å². The molecule has 2 amide bonds. The molecule has 1 aliphatic rings. The lowest BCUT2D eigenvalue weighted by molar-refractivity contribution is -0.130. The number of rotatable bonds is 8. The van der Waals surface area contributed by atoms with E-state index in [1.165, 1.54) is 4.90 Å². The summed E-state index contributed by atoms with van der Waals surface area (Å²) in [6.07, 6.45) is 0.269. The van der Waals surface area contributed by atoms with E-state index < -0.39 is 6.09 Å². The first-order valence-electron chi connectivity index (χ1n) is 8.75. The summed E-state index contributed by atoms with van der Waals surface area (Å²) in [6, 6.07) is 5.66. The first-order valence-corrected chi connectivity index (χ1v) is 8.75. The molecule has 1 fully saturated rings. The van der Waals surface area contributed by atoms with Crippen LogP contribution in [-0.2, 0) is 16.0 Å². The molecule has 26 heavy (non-hydrogen) atoms. The maximum absolute atomic E-state index is 12.5. The minimum atomic E-state index is -0.412. The normalized spacial score (nSPS) is 16.6. The van der Waals surface area contributed by atoms with Gasteiger partial charge in [0.2, 0.25) is 5.91 Å². The Balaban J connectivity index is 1.92. The second-order valence-corrected chi connectivity index (χ2v) is 6.77. The molecule has 1 aromatic carbocycles. The first-order chi connectivity index (χ1) is 12.4. The van der Waals surface area contributed by atoms with Crippen LogP contribution in [0.15, 0.2) is 18.2 Å². The Kier molecular flexibility index (Phi) is 6.71. The van der Waals surface area contributed by atoms with Gasteiger partial charge in [0.05, 0.1) is 20.3 Å². The lowest BCUT2D eigenvalue weighted by atomic mass is 10.0. The number of amides is 2. The number of nitrogens with zero attached hydrogens (tertiary/aromatic N) is 2. The third kappa shape index (κ3) is 4.59. The van der Waals surface area contributed by atoms with Crippen molar-refractivity contribution in [2.75, 3.05) is 41.0 Å². The van der Waals surface area contributed by atoms with Gasteiger partial charge in [-0.1, -0.05) is 19.9 Å². The van der Waals surface area contributed by atoms with Crippen LogP contribution < -0.4 is 9.47 Å². The third-order valence-electron chi connectivity index (χ3n) is 4.70. The molecule has 0 saturated carbocycles. The van der Waals surface area contributed by atoms with Crippen LogP contribution in [-0.4, -0.2) is 68.8 Å². The molecule has 1 aromatic rings. The molecule has 0 aliphatic carbocycles. The summed E-state index contributed by atoms with van der Waals surface area (Å²) in [7, 11) is 4.93. The highest BCUT2D eigenvalue weighted by Gasteiger charge is 2.36. The highest BCUT2D eigenvalue weighted by molar-refractivity contribution is 5.83. The Morgan fingerprint density at radius 1 is 1.31 bits per heavy atom. The van der Waals surface area contributed by atoms with Crippen molar-refractivity contribution < 1.29 is 23.8 Å². The highest BCUT2D eigenvalue weighted by atomic mass is 16.6. The van der Waals surface area contributed by atoms with E-state index in [-0.39, 0.29) is 24.4 Å². The molecule has 7 heteroatoms. The molecule has 1 saturated heterocycles. The average molecular weight is 364 g/mol. The van der Waals surface area contributed by atoms with Crippen molar-refractivity contribution in [3.05, 3.63) is 23.8 Å². The summed E-state index contributed by atoms with van der Waals surface area (Å²) in [6.45, 7) is 4.97. The van der Waals surface area contributed by atoms with Crippen LogP contribution in [0.1, 0.15) is 19.4 Å². The van der Waals surface area contributed by atoms with Gasteiger partial charge in [0.25, 0.3) is 0 Å². The topological polar surface area (TPSA) is 68.3 Å². The molecule has 2 rings (SSSR count). The standard InChI is InChI=1S/C19H28N2O5/c1-13(2)15-12-26-19(23)21(15)11-18(22)20(3)9-8-14-6-7-16(24-4)17(10-14)25-5/h6-7,10,13,15H,8-9,11-12H2,1-5H3/t15-/m1/s1. The van der Waals surface area contributed by atoms with Crippen LogP contribution in [0.25, 0.3) is 0 Å². The summed E-state index contributed by atoms with van der Waals surface area (Å²) >= 11 is 0. The van der Waals surface area contributed by atoms with Gasteiger partial charge in [-0.25, -0.2) is 4.79 Å². The van der Waals surface area contributed by atoms with E-state index in [2.05, 4.69) is 0 Å². The zero-order chi connectivity index (χ0) is 19.3. The van der Waals surface area contributed by atoms with Gasteiger partial charge in [-0.05, 0) is 30.0 Å². The number of hydrogen-bond donors (Lipinski definition) is 0. The highest BCUT2D eigenvalue weighted by Crippen LogP contribution is 2.27. The van der Waals surface area contributed by atoms with Gasteiger partial charge in [-0.2, -0.15) is 0 Å². The lowest BCUT2D eigenvalue weighted by Crippen LogP contribution is -2.45. The van der Waals surface area contributed by atoms with E-state index in [0.29, 0.717) is 31.1 Å². The molecule has 0 radical (unpaired) electrons. The Morgan fingerprint density at radius 2 is 2.00 bits per heavy atom. The van der Waals surface area contributed by atoms with Gasteiger partial charge < -0.3 is 19.1 Å². The van der Waals surface area contributed by atoms with Crippen molar-refractivity contribution in [1.29, 1.82) is 0 Å². The van der Waals surface area contributed by atoms with E-state index in [9.17, 15) is 9.59 Å². The number of hydrogen-bond acceptors (Lipinski definition) is 5. The fourth-order valence-corrected chi connectivity index (χ4v) is 2.92. The molecule has 1 aliphatic heterocycles. The molecule has 0 unspecified atom stereocenters. The molecule has 0 N–H and O–H groups in total. The van der Waals surface area contributed by atoms with Crippen LogP contribution in [0.2, 0.25) is 0 Å². The van der Waals surface area contributed by atoms with Gasteiger partial charge in [0.15, 0.2) is 11.5 Å². The Morgan fingerprint density at radius 3 is 2.62 bits per heavy atom. The second kappa shape index (κ2) is 8.78. The maximum Gasteiger partial charge on any atom is 0.410 e. The van der Waals surface area contributed by atoms with Crippen molar-refractivity contribution in [3.63, 3.8) is 0 Å². The zero-order valence-electron chi connectivity index (χ0n) is 16.2. The van der Waals surface area contributed by atoms with Gasteiger partial charge >= 0.3 is 6.09 Å². The largest absolute Gasteiger partial charge is 0.493 e. The Bertz CT molecular complexity index is 647. The van der Waals surface area contributed by atoms with Crippen LogP contribution in [0.5, 0.6) is 11.5 Å². The minimum Gasteiger partial charge on any atom is -0.493 e. The predicted molar refractivity (Wildman–Crippen MR) is 97.6 cm³/mol. The fraction of sp³-hybridized carbons (Fsp3) is 0.579. The maximum atomic E-state index is 12.5. The molecule has 7 nitrogen and oxygen atoms in total. The van der Waals surface area contributed by atoms with Gasteiger partial charge in [-0.15, -0.1) is 0 Å². The molecule has 1 atom stereocenters. The number of methoxy groups -OCH3 is 2. The molecule has 144 valence electrons.